The van der Waals surface area contributed by atoms with Gasteiger partial charge in [0.15, 0.2) is 0 Å². The summed E-state index contributed by atoms with van der Waals surface area (Å²) in [6.45, 7) is 0. The molecule has 13 heavy (non-hydrogen) atoms. The number of aliphatic imine (C=N–C) groups is 1. The molecule has 1 heterocycles. The second-order valence-corrected chi connectivity index (χ2v) is 3.03. The maximum absolute atomic E-state index is 5.05. The zero-order chi connectivity index (χ0) is 9.68. The van der Waals surface area contributed by atoms with Gasteiger partial charge in [-0.3, -0.25) is 0 Å². The molecule has 0 saturated carbocycles. The molecule has 0 bridgehead atoms. The Morgan fingerprint density at radius 2 is 2.31 bits per heavy atom. The molecule has 5 heteroatoms. The molecule has 0 spiro atoms. The number of thiocarbonyl (C=S) groups is 1. The van der Waals surface area contributed by atoms with E-state index in [1.807, 2.05) is 19.0 Å². The molecule has 0 radical (unpaired) electrons. The minimum atomic E-state index is 0.517. The van der Waals surface area contributed by atoms with Crippen LogP contribution in [0.3, 0.4) is 0 Å². The van der Waals surface area contributed by atoms with E-state index in [4.69, 9.17) is 12.2 Å². The van der Waals surface area contributed by atoms with E-state index in [1.165, 1.54) is 0 Å². The van der Waals surface area contributed by atoms with Gasteiger partial charge in [0.2, 0.25) is 0 Å². The van der Waals surface area contributed by atoms with Crippen LogP contribution in [-0.2, 0) is 0 Å². The highest BCUT2D eigenvalue weighted by atomic mass is 32.1. The lowest BCUT2D eigenvalue weighted by molar-refractivity contribution is 0.644. The molecular weight excluding hydrogens is 184 g/mol. The molecule has 0 aliphatic heterocycles. The number of hydrogen-bond donors (Lipinski definition) is 0. The molecule has 4 nitrogen and oxygen atoms in total. The average Bonchev–Trinajstić information content (AvgIpc) is 2.15. The van der Waals surface area contributed by atoms with Crippen molar-refractivity contribution in [3.05, 3.63) is 24.0 Å². The molecule has 1 rings (SSSR count). The number of aromatic nitrogens is 2. The van der Waals surface area contributed by atoms with Crippen molar-refractivity contribution >= 4 is 23.5 Å². The van der Waals surface area contributed by atoms with Gasteiger partial charge >= 0.3 is 0 Å². The first kappa shape index (κ1) is 9.73. The predicted octanol–water partition coefficient (Wildman–Crippen LogP) is 0.742. The molecule has 0 fully saturated rings. The van der Waals surface area contributed by atoms with Gasteiger partial charge < -0.3 is 4.90 Å². The minimum Gasteiger partial charge on any atom is -0.369 e. The van der Waals surface area contributed by atoms with E-state index in [-0.39, 0.29) is 0 Å². The predicted molar refractivity (Wildman–Crippen MR) is 55.9 cm³/mol. The highest BCUT2D eigenvalue weighted by molar-refractivity contribution is 7.80. The van der Waals surface area contributed by atoms with Crippen LogP contribution in [0, 0.1) is 0 Å². The summed E-state index contributed by atoms with van der Waals surface area (Å²) < 4.78 is 0. The summed E-state index contributed by atoms with van der Waals surface area (Å²) in [5.41, 5.74) is 0.808. The summed E-state index contributed by atoms with van der Waals surface area (Å²) in [5.74, 6) is 0. The van der Waals surface area contributed by atoms with Crippen LogP contribution in [0.5, 0.6) is 0 Å². The van der Waals surface area contributed by atoms with Crippen molar-refractivity contribution in [3.8, 4) is 0 Å². The maximum atomic E-state index is 5.05. The smallest absolute Gasteiger partial charge is 0.136 e. The third kappa shape index (κ3) is 3.25. The molecule has 0 unspecified atom stereocenters. The van der Waals surface area contributed by atoms with E-state index >= 15 is 0 Å². The lowest BCUT2D eigenvalue weighted by atomic mass is 10.3. The fraction of sp³-hybridized carbons (Fsp3) is 0.250. The van der Waals surface area contributed by atoms with Crippen molar-refractivity contribution in [2.24, 2.45) is 4.99 Å². The Morgan fingerprint density at radius 3 is 2.85 bits per heavy atom. The lowest BCUT2D eigenvalue weighted by Crippen LogP contribution is -2.09. The molecule has 0 atom stereocenters. The summed E-state index contributed by atoms with van der Waals surface area (Å²) in [5, 5.41) is 7.36. The summed E-state index contributed by atoms with van der Waals surface area (Å²) in [6, 6.07) is 1.78. The quantitative estimate of drug-likeness (QED) is 0.395. The standard InChI is InChI=1S/C8H10N4S/c1-12(2)6-9-8(13)7-3-4-10-11-5-7/h3-6H,1-2H3/b9-6+. The fourth-order valence-corrected chi connectivity index (χ4v) is 0.828. The van der Waals surface area contributed by atoms with E-state index in [1.54, 1.807) is 24.8 Å². The Kier molecular flexibility index (Phi) is 3.45. The van der Waals surface area contributed by atoms with Gasteiger partial charge in [0, 0.05) is 19.7 Å². The van der Waals surface area contributed by atoms with Crippen molar-refractivity contribution in [1.29, 1.82) is 0 Å². The van der Waals surface area contributed by atoms with Crippen molar-refractivity contribution in [1.82, 2.24) is 15.1 Å². The number of hydrogen-bond acceptors (Lipinski definition) is 3. The maximum Gasteiger partial charge on any atom is 0.136 e. The van der Waals surface area contributed by atoms with Crippen molar-refractivity contribution in [2.75, 3.05) is 14.1 Å². The Balaban J connectivity index is 2.70. The average molecular weight is 194 g/mol. The Bertz CT molecular complexity index is 307. The summed E-state index contributed by atoms with van der Waals surface area (Å²) in [4.78, 5) is 6.40. The van der Waals surface area contributed by atoms with Gasteiger partial charge in [0.1, 0.15) is 4.99 Å². The van der Waals surface area contributed by atoms with Crippen LogP contribution in [-0.4, -0.2) is 40.5 Å². The minimum absolute atomic E-state index is 0.517. The number of nitrogens with zero attached hydrogens (tertiary/aromatic N) is 4. The van der Waals surface area contributed by atoms with Crippen LogP contribution in [0.25, 0.3) is 0 Å². The molecular formula is C8H10N4S. The Labute approximate surface area is 82.3 Å². The lowest BCUT2D eigenvalue weighted by Gasteiger charge is -2.02. The normalized spacial score (nSPS) is 10.3. The third-order valence-electron chi connectivity index (χ3n) is 1.24. The molecule has 0 aromatic carbocycles. The van der Waals surface area contributed by atoms with Gasteiger partial charge in [0.05, 0.1) is 18.7 Å². The molecule has 0 amide bonds. The van der Waals surface area contributed by atoms with E-state index < -0.39 is 0 Å². The molecule has 68 valence electrons. The first-order valence-corrected chi connectivity index (χ1v) is 4.12. The molecule has 1 aromatic heterocycles. The second-order valence-electron chi connectivity index (χ2n) is 2.64. The molecule has 0 saturated heterocycles. The zero-order valence-electron chi connectivity index (χ0n) is 7.51. The van der Waals surface area contributed by atoms with Gasteiger partial charge in [-0.15, -0.1) is 0 Å². The highest BCUT2D eigenvalue weighted by Gasteiger charge is 1.96. The van der Waals surface area contributed by atoms with Gasteiger partial charge in [0.25, 0.3) is 0 Å². The fourth-order valence-electron chi connectivity index (χ4n) is 0.660. The van der Waals surface area contributed by atoms with E-state index in [0.29, 0.717) is 4.99 Å². The molecule has 0 aliphatic carbocycles. The van der Waals surface area contributed by atoms with Crippen LogP contribution < -0.4 is 0 Å². The third-order valence-corrected chi connectivity index (χ3v) is 1.58. The Hall–Kier alpha value is -1.36. The van der Waals surface area contributed by atoms with Crippen molar-refractivity contribution in [3.63, 3.8) is 0 Å². The molecule has 0 N–H and O–H groups in total. The molecule has 1 aromatic rings. The van der Waals surface area contributed by atoms with Crippen molar-refractivity contribution < 1.29 is 0 Å². The van der Waals surface area contributed by atoms with Gasteiger partial charge in [-0.05, 0) is 6.07 Å². The first-order chi connectivity index (χ1) is 6.20. The monoisotopic (exact) mass is 194 g/mol. The van der Waals surface area contributed by atoms with Crippen molar-refractivity contribution in [2.45, 2.75) is 0 Å². The van der Waals surface area contributed by atoms with Crippen LogP contribution in [0.15, 0.2) is 23.5 Å². The summed E-state index contributed by atoms with van der Waals surface area (Å²) in [6.07, 6.45) is 4.84. The first-order valence-electron chi connectivity index (χ1n) is 3.72. The molecule has 0 aliphatic rings. The number of rotatable bonds is 2. The zero-order valence-corrected chi connectivity index (χ0v) is 8.32. The van der Waals surface area contributed by atoms with E-state index in [2.05, 4.69) is 15.2 Å². The van der Waals surface area contributed by atoms with Gasteiger partial charge in [-0.2, -0.15) is 10.2 Å². The van der Waals surface area contributed by atoms with Gasteiger partial charge in [-0.1, -0.05) is 12.2 Å². The second kappa shape index (κ2) is 4.61. The summed E-state index contributed by atoms with van der Waals surface area (Å²) in [7, 11) is 3.77. The van der Waals surface area contributed by atoms with Crippen LogP contribution in [0.4, 0.5) is 0 Å². The SMILES string of the molecule is CN(C)/C=N/C(=S)c1ccnnc1. The largest absolute Gasteiger partial charge is 0.369 e. The van der Waals surface area contributed by atoms with E-state index in [0.717, 1.165) is 5.56 Å². The van der Waals surface area contributed by atoms with Crippen LogP contribution in [0.1, 0.15) is 5.56 Å². The van der Waals surface area contributed by atoms with Gasteiger partial charge in [-0.25, -0.2) is 4.99 Å². The highest BCUT2D eigenvalue weighted by Crippen LogP contribution is 1.98. The van der Waals surface area contributed by atoms with Crippen LogP contribution in [0.2, 0.25) is 0 Å². The summed E-state index contributed by atoms with van der Waals surface area (Å²) >= 11 is 5.05. The van der Waals surface area contributed by atoms with Crippen LogP contribution >= 0.6 is 12.2 Å². The van der Waals surface area contributed by atoms with E-state index in [9.17, 15) is 0 Å². The Morgan fingerprint density at radius 1 is 1.54 bits per heavy atom. The topological polar surface area (TPSA) is 41.4 Å².